The molecule has 2 fully saturated rings. The van der Waals surface area contributed by atoms with Gasteiger partial charge in [-0.15, -0.1) is 0 Å². The number of carbonyl (C=O) groups is 3. The number of rotatable bonds is 7. The van der Waals surface area contributed by atoms with E-state index in [-0.39, 0.29) is 25.0 Å². The molecule has 4 rings (SSSR count). The van der Waals surface area contributed by atoms with Gasteiger partial charge in [-0.05, 0) is 43.1 Å². The summed E-state index contributed by atoms with van der Waals surface area (Å²) in [6.45, 7) is 0.583. The second-order valence-electron chi connectivity index (χ2n) is 7.95. The Hall–Kier alpha value is -3.66. The van der Waals surface area contributed by atoms with Crippen molar-refractivity contribution in [1.82, 2.24) is 20.1 Å². The van der Waals surface area contributed by atoms with Crippen LogP contribution in [0.5, 0.6) is 11.5 Å². The van der Waals surface area contributed by atoms with Gasteiger partial charge >= 0.3 is 6.03 Å². The van der Waals surface area contributed by atoms with Crippen molar-refractivity contribution in [2.24, 2.45) is 0 Å². The van der Waals surface area contributed by atoms with Gasteiger partial charge in [0, 0.05) is 18.5 Å². The number of imide groups is 1. The van der Waals surface area contributed by atoms with Crippen LogP contribution in [-0.4, -0.2) is 72.0 Å². The predicted octanol–water partition coefficient (Wildman–Crippen LogP) is 1.62. The first kappa shape index (κ1) is 22.5. The topological polar surface area (TPSA) is 113 Å². The summed E-state index contributed by atoms with van der Waals surface area (Å²) in [4.78, 5) is 46.2. The fourth-order valence-electron chi connectivity index (χ4n) is 4.28. The lowest BCUT2D eigenvalue weighted by Crippen LogP contribution is -2.70. The number of carbonyl (C=O) groups excluding carboxylic acids is 3. The predicted molar refractivity (Wildman–Crippen MR) is 120 cm³/mol. The highest BCUT2D eigenvalue weighted by molar-refractivity contribution is 6.03. The highest BCUT2D eigenvalue weighted by atomic mass is 16.5. The Morgan fingerprint density at radius 2 is 2.09 bits per heavy atom. The lowest BCUT2D eigenvalue weighted by atomic mass is 9.93. The van der Waals surface area contributed by atoms with Crippen molar-refractivity contribution in [2.75, 3.05) is 32.6 Å². The van der Waals surface area contributed by atoms with Crippen LogP contribution in [0.15, 0.2) is 42.7 Å². The van der Waals surface area contributed by atoms with Crippen LogP contribution >= 0.6 is 0 Å². The quantitative estimate of drug-likeness (QED) is 0.655. The van der Waals surface area contributed by atoms with Crippen LogP contribution in [0.2, 0.25) is 0 Å². The van der Waals surface area contributed by atoms with Gasteiger partial charge in [-0.25, -0.2) is 4.79 Å². The van der Waals surface area contributed by atoms with E-state index in [4.69, 9.17) is 9.47 Å². The average Bonchev–Trinajstić information content (AvgIpc) is 2.85. The van der Waals surface area contributed by atoms with E-state index in [1.54, 1.807) is 42.7 Å². The van der Waals surface area contributed by atoms with Crippen molar-refractivity contribution in [1.29, 1.82) is 0 Å². The Morgan fingerprint density at radius 3 is 2.82 bits per heavy atom. The summed E-state index contributed by atoms with van der Waals surface area (Å²) in [6, 6.07) is 7.20. The van der Waals surface area contributed by atoms with Crippen LogP contribution in [0.3, 0.4) is 0 Å². The van der Waals surface area contributed by atoms with Crippen molar-refractivity contribution in [2.45, 2.75) is 31.5 Å². The van der Waals surface area contributed by atoms with E-state index < -0.39 is 18.0 Å². The number of amides is 4. The fraction of sp³-hybridized carbons (Fsp3) is 0.391. The lowest BCUT2D eigenvalue weighted by molar-refractivity contribution is -0.138. The number of nitrogens with zero attached hydrogens (tertiary/aromatic N) is 3. The van der Waals surface area contributed by atoms with Gasteiger partial charge in [0.2, 0.25) is 11.8 Å². The molecule has 0 saturated carbocycles. The van der Waals surface area contributed by atoms with E-state index in [0.29, 0.717) is 30.2 Å². The Labute approximate surface area is 191 Å². The molecule has 4 amide bonds. The molecular formula is C23H27N5O5. The molecule has 2 saturated heterocycles. The molecule has 1 aromatic heterocycles. The molecule has 33 heavy (non-hydrogen) atoms. The normalized spacial score (nSPS) is 20.3. The summed E-state index contributed by atoms with van der Waals surface area (Å²) in [5.74, 6) is 0.360. The number of piperidine rings is 1. The van der Waals surface area contributed by atoms with E-state index in [9.17, 15) is 14.4 Å². The van der Waals surface area contributed by atoms with Crippen LogP contribution in [0.25, 0.3) is 0 Å². The van der Waals surface area contributed by atoms with Crippen molar-refractivity contribution in [3.8, 4) is 11.5 Å². The van der Waals surface area contributed by atoms with Crippen LogP contribution in [-0.2, 0) is 16.1 Å². The summed E-state index contributed by atoms with van der Waals surface area (Å²) >= 11 is 0. The van der Waals surface area contributed by atoms with Gasteiger partial charge in [0.15, 0.2) is 0 Å². The molecule has 2 aliphatic rings. The number of hydrogen-bond acceptors (Lipinski definition) is 7. The zero-order valence-electron chi connectivity index (χ0n) is 18.6. The maximum absolute atomic E-state index is 13.4. The zero-order valence-corrected chi connectivity index (χ0v) is 18.6. The standard InChI is InChI=1S/C23H27N5O5/c1-32-16-7-8-19(33-2)17(11-16)26-20(29)14-27-18-6-4-10-25-21(18)22(30)28(23(27)31)13-15-5-3-9-24-12-15/h3,5,7-9,11-12,18,21,25H,4,6,10,13-14H2,1-2H3,(H,26,29). The molecule has 0 bridgehead atoms. The summed E-state index contributed by atoms with van der Waals surface area (Å²) in [6.07, 6.45) is 4.70. The molecule has 2 aromatic rings. The van der Waals surface area contributed by atoms with Crippen LogP contribution in [0.4, 0.5) is 10.5 Å². The Balaban J connectivity index is 1.55. The van der Waals surface area contributed by atoms with Crippen molar-refractivity contribution in [3.63, 3.8) is 0 Å². The molecule has 2 atom stereocenters. The number of fused-ring (bicyclic) bond motifs is 1. The molecule has 0 radical (unpaired) electrons. The van der Waals surface area contributed by atoms with E-state index in [1.807, 2.05) is 0 Å². The van der Waals surface area contributed by atoms with Gasteiger partial charge in [-0.3, -0.25) is 19.5 Å². The van der Waals surface area contributed by atoms with Crippen molar-refractivity contribution in [3.05, 3.63) is 48.3 Å². The number of hydrogen-bond donors (Lipinski definition) is 2. The minimum Gasteiger partial charge on any atom is -0.497 e. The zero-order chi connectivity index (χ0) is 23.4. The highest BCUT2D eigenvalue weighted by Gasteiger charge is 2.47. The first-order chi connectivity index (χ1) is 16.0. The van der Waals surface area contributed by atoms with Gasteiger partial charge in [0.05, 0.1) is 32.5 Å². The number of methoxy groups -OCH3 is 2. The van der Waals surface area contributed by atoms with Crippen LogP contribution in [0.1, 0.15) is 18.4 Å². The monoisotopic (exact) mass is 453 g/mol. The lowest BCUT2D eigenvalue weighted by Gasteiger charge is -2.46. The maximum Gasteiger partial charge on any atom is 0.327 e. The molecule has 2 aliphatic heterocycles. The summed E-state index contributed by atoms with van der Waals surface area (Å²) in [5.41, 5.74) is 1.17. The molecule has 10 heteroatoms. The molecule has 2 unspecified atom stereocenters. The van der Waals surface area contributed by atoms with Crippen LogP contribution < -0.4 is 20.1 Å². The van der Waals surface area contributed by atoms with Gasteiger partial charge in [0.25, 0.3) is 0 Å². The summed E-state index contributed by atoms with van der Waals surface area (Å²) in [7, 11) is 3.04. The Kier molecular flexibility index (Phi) is 6.74. The first-order valence-electron chi connectivity index (χ1n) is 10.8. The molecule has 10 nitrogen and oxygen atoms in total. The number of anilines is 1. The van der Waals surface area contributed by atoms with Gasteiger partial charge in [0.1, 0.15) is 24.1 Å². The maximum atomic E-state index is 13.4. The minimum atomic E-state index is -0.549. The van der Waals surface area contributed by atoms with Crippen molar-refractivity contribution >= 4 is 23.5 Å². The third-order valence-corrected chi connectivity index (χ3v) is 5.89. The Morgan fingerprint density at radius 1 is 1.24 bits per heavy atom. The second-order valence-corrected chi connectivity index (χ2v) is 7.95. The minimum absolute atomic E-state index is 0.0955. The number of nitrogens with one attached hydrogen (secondary N) is 2. The largest absolute Gasteiger partial charge is 0.497 e. The average molecular weight is 453 g/mol. The number of benzene rings is 1. The second kappa shape index (κ2) is 9.86. The van der Waals surface area contributed by atoms with E-state index >= 15 is 0 Å². The Bertz CT molecular complexity index is 1030. The molecule has 174 valence electrons. The molecule has 2 N–H and O–H groups in total. The van der Waals surface area contributed by atoms with Crippen LogP contribution in [0, 0.1) is 0 Å². The molecular weight excluding hydrogens is 426 g/mol. The highest BCUT2D eigenvalue weighted by Crippen LogP contribution is 2.30. The molecule has 1 aromatic carbocycles. The fourth-order valence-corrected chi connectivity index (χ4v) is 4.28. The van der Waals surface area contributed by atoms with E-state index in [1.165, 1.54) is 24.0 Å². The summed E-state index contributed by atoms with van der Waals surface area (Å²) < 4.78 is 10.5. The third kappa shape index (κ3) is 4.75. The van der Waals surface area contributed by atoms with Crippen molar-refractivity contribution < 1.29 is 23.9 Å². The summed E-state index contributed by atoms with van der Waals surface area (Å²) in [5, 5.41) is 6.03. The van der Waals surface area contributed by atoms with Gasteiger partial charge in [-0.1, -0.05) is 6.07 Å². The number of urea groups is 1. The van der Waals surface area contributed by atoms with E-state index in [2.05, 4.69) is 15.6 Å². The number of aromatic nitrogens is 1. The van der Waals surface area contributed by atoms with E-state index in [0.717, 1.165) is 12.0 Å². The number of pyridine rings is 1. The van der Waals surface area contributed by atoms with Gasteiger partial charge < -0.3 is 25.0 Å². The third-order valence-electron chi connectivity index (χ3n) is 5.89. The SMILES string of the molecule is COc1ccc(OC)c(NC(=O)CN2C(=O)N(Cc3cccnc3)C(=O)C3NCCCC32)c1. The molecule has 3 heterocycles. The number of ether oxygens (including phenoxy) is 2. The molecule has 0 spiro atoms. The van der Waals surface area contributed by atoms with Gasteiger partial charge in [-0.2, -0.15) is 0 Å². The smallest absolute Gasteiger partial charge is 0.327 e. The first-order valence-corrected chi connectivity index (χ1v) is 10.8. The molecule has 0 aliphatic carbocycles.